The third-order valence-corrected chi connectivity index (χ3v) is 3.40. The maximum atomic E-state index is 9.08. The molecule has 0 amide bonds. The molecule has 1 nitrogen and oxygen atoms in total. The summed E-state index contributed by atoms with van der Waals surface area (Å²) in [5.41, 5.74) is 0.345. The number of unbranched alkanes of at least 4 members (excludes halogenated alkanes) is 2. The quantitative estimate of drug-likeness (QED) is 0.512. The van der Waals surface area contributed by atoms with E-state index in [-0.39, 0.29) is 0 Å². The molecular formula is C12H22O. The number of aliphatic hydroxyl groups is 1. The highest BCUT2D eigenvalue weighted by molar-refractivity contribution is 5.14. The second-order valence-electron chi connectivity index (χ2n) is 4.71. The van der Waals surface area contributed by atoms with Crippen LogP contribution >= 0.6 is 0 Å². The van der Waals surface area contributed by atoms with Crippen LogP contribution in [0.2, 0.25) is 0 Å². The van der Waals surface area contributed by atoms with Gasteiger partial charge in [0.1, 0.15) is 0 Å². The molecule has 0 aromatic rings. The first-order valence-corrected chi connectivity index (χ1v) is 5.42. The van der Waals surface area contributed by atoms with Crippen molar-refractivity contribution in [3.8, 4) is 0 Å². The minimum absolute atomic E-state index is 0.343. The molecule has 1 aliphatic rings. The van der Waals surface area contributed by atoms with Crippen LogP contribution in [-0.2, 0) is 0 Å². The van der Waals surface area contributed by atoms with Gasteiger partial charge in [-0.25, -0.2) is 0 Å². The van der Waals surface area contributed by atoms with E-state index in [1.54, 1.807) is 0 Å². The molecule has 76 valence electrons. The summed E-state index contributed by atoms with van der Waals surface area (Å²) in [6, 6.07) is 0. The third-order valence-electron chi connectivity index (χ3n) is 3.40. The minimum atomic E-state index is 0.343. The SMILES string of the molecule is CCCC/C=C\[C@H]1[C@@H](CO)C1(C)C. The van der Waals surface area contributed by atoms with Crippen LogP contribution in [0.1, 0.15) is 40.0 Å². The molecule has 0 aliphatic heterocycles. The van der Waals surface area contributed by atoms with E-state index in [0.717, 1.165) is 0 Å². The molecule has 1 fully saturated rings. The molecule has 0 saturated heterocycles. The van der Waals surface area contributed by atoms with Crippen molar-refractivity contribution in [1.29, 1.82) is 0 Å². The number of hydrogen-bond donors (Lipinski definition) is 1. The van der Waals surface area contributed by atoms with Crippen LogP contribution in [0.5, 0.6) is 0 Å². The second kappa shape index (κ2) is 4.28. The van der Waals surface area contributed by atoms with Crippen molar-refractivity contribution in [2.24, 2.45) is 17.3 Å². The van der Waals surface area contributed by atoms with Crippen LogP contribution < -0.4 is 0 Å². The zero-order chi connectivity index (χ0) is 9.90. The molecule has 1 saturated carbocycles. The van der Waals surface area contributed by atoms with Gasteiger partial charge in [-0.1, -0.05) is 45.8 Å². The van der Waals surface area contributed by atoms with Crippen LogP contribution in [0.15, 0.2) is 12.2 Å². The average molecular weight is 182 g/mol. The fourth-order valence-electron chi connectivity index (χ4n) is 2.08. The zero-order valence-electron chi connectivity index (χ0n) is 9.09. The van der Waals surface area contributed by atoms with Crippen LogP contribution in [0.25, 0.3) is 0 Å². The normalized spacial score (nSPS) is 31.1. The molecule has 0 aromatic heterocycles. The lowest BCUT2D eigenvalue weighted by molar-refractivity contribution is 0.256. The lowest BCUT2D eigenvalue weighted by Gasteiger charge is -1.97. The van der Waals surface area contributed by atoms with Gasteiger partial charge in [0.15, 0.2) is 0 Å². The summed E-state index contributed by atoms with van der Waals surface area (Å²) in [5.74, 6) is 1.12. The Labute approximate surface area is 81.9 Å². The highest BCUT2D eigenvalue weighted by Gasteiger charge is 2.55. The third kappa shape index (κ3) is 2.34. The molecule has 0 radical (unpaired) electrons. The fraction of sp³-hybridized carbons (Fsp3) is 0.833. The van der Waals surface area contributed by atoms with Crippen LogP contribution in [0.4, 0.5) is 0 Å². The second-order valence-corrected chi connectivity index (χ2v) is 4.71. The lowest BCUT2D eigenvalue weighted by atomic mass is 10.1. The van der Waals surface area contributed by atoms with Crippen molar-refractivity contribution >= 4 is 0 Å². The minimum Gasteiger partial charge on any atom is -0.396 e. The van der Waals surface area contributed by atoms with Gasteiger partial charge in [0.2, 0.25) is 0 Å². The van der Waals surface area contributed by atoms with E-state index >= 15 is 0 Å². The van der Waals surface area contributed by atoms with Crippen molar-refractivity contribution in [2.45, 2.75) is 40.0 Å². The molecule has 2 atom stereocenters. The molecule has 13 heavy (non-hydrogen) atoms. The van der Waals surface area contributed by atoms with Gasteiger partial charge in [0.05, 0.1) is 0 Å². The Morgan fingerprint density at radius 3 is 2.54 bits per heavy atom. The molecule has 0 aromatic carbocycles. The van der Waals surface area contributed by atoms with Gasteiger partial charge < -0.3 is 5.11 Å². The van der Waals surface area contributed by atoms with Gasteiger partial charge >= 0.3 is 0 Å². The average Bonchev–Trinajstić information content (AvgIpc) is 2.61. The Morgan fingerprint density at radius 1 is 1.38 bits per heavy atom. The molecular weight excluding hydrogens is 160 g/mol. The van der Waals surface area contributed by atoms with Gasteiger partial charge in [-0.05, 0) is 23.7 Å². The van der Waals surface area contributed by atoms with Crippen molar-refractivity contribution in [1.82, 2.24) is 0 Å². The Balaban J connectivity index is 2.27. The summed E-state index contributed by atoms with van der Waals surface area (Å²) >= 11 is 0. The largest absolute Gasteiger partial charge is 0.396 e. The molecule has 0 heterocycles. The summed E-state index contributed by atoms with van der Waals surface area (Å²) < 4.78 is 0. The number of hydrogen-bond acceptors (Lipinski definition) is 1. The molecule has 1 N–H and O–H groups in total. The summed E-state index contributed by atoms with van der Waals surface area (Å²) in [6.45, 7) is 7.03. The Kier molecular flexibility index (Phi) is 3.55. The summed E-state index contributed by atoms with van der Waals surface area (Å²) in [4.78, 5) is 0. The summed E-state index contributed by atoms with van der Waals surface area (Å²) in [5, 5.41) is 9.08. The Morgan fingerprint density at radius 2 is 2.08 bits per heavy atom. The van der Waals surface area contributed by atoms with Gasteiger partial charge in [0, 0.05) is 6.61 Å². The zero-order valence-corrected chi connectivity index (χ0v) is 9.09. The van der Waals surface area contributed by atoms with E-state index in [0.29, 0.717) is 23.9 Å². The van der Waals surface area contributed by atoms with Crippen LogP contribution in [-0.4, -0.2) is 11.7 Å². The highest BCUT2D eigenvalue weighted by atomic mass is 16.3. The van der Waals surface area contributed by atoms with Gasteiger partial charge in [-0.3, -0.25) is 0 Å². The van der Waals surface area contributed by atoms with E-state index in [9.17, 15) is 0 Å². The van der Waals surface area contributed by atoms with E-state index < -0.39 is 0 Å². The fourth-order valence-corrected chi connectivity index (χ4v) is 2.08. The number of allylic oxidation sites excluding steroid dienone is 2. The molecule has 0 bridgehead atoms. The van der Waals surface area contributed by atoms with Gasteiger partial charge in [0.25, 0.3) is 0 Å². The van der Waals surface area contributed by atoms with E-state index in [2.05, 4.69) is 32.9 Å². The van der Waals surface area contributed by atoms with E-state index in [1.807, 2.05) is 0 Å². The molecule has 1 heteroatoms. The van der Waals surface area contributed by atoms with E-state index in [1.165, 1.54) is 19.3 Å². The van der Waals surface area contributed by atoms with Gasteiger partial charge in [-0.15, -0.1) is 0 Å². The van der Waals surface area contributed by atoms with Crippen LogP contribution in [0, 0.1) is 17.3 Å². The predicted molar refractivity (Wildman–Crippen MR) is 56.5 cm³/mol. The molecule has 1 rings (SSSR count). The molecule has 1 aliphatic carbocycles. The Hall–Kier alpha value is -0.300. The van der Waals surface area contributed by atoms with Crippen molar-refractivity contribution < 1.29 is 5.11 Å². The molecule has 0 unspecified atom stereocenters. The number of aliphatic hydroxyl groups excluding tert-OH is 1. The lowest BCUT2D eigenvalue weighted by Crippen LogP contribution is -1.93. The van der Waals surface area contributed by atoms with Crippen LogP contribution in [0.3, 0.4) is 0 Å². The standard InChI is InChI=1S/C12H22O/c1-4-5-6-7-8-10-11(9-13)12(10,2)3/h7-8,10-11,13H,4-6,9H2,1-3H3/b8-7-/t10-,11+/m0/s1. The number of rotatable bonds is 5. The maximum absolute atomic E-state index is 9.08. The van der Waals surface area contributed by atoms with E-state index in [4.69, 9.17) is 5.11 Å². The predicted octanol–water partition coefficient (Wildman–Crippen LogP) is 3.00. The maximum Gasteiger partial charge on any atom is 0.0470 e. The van der Waals surface area contributed by atoms with Crippen molar-refractivity contribution in [3.63, 3.8) is 0 Å². The topological polar surface area (TPSA) is 20.2 Å². The first-order valence-electron chi connectivity index (χ1n) is 5.42. The first kappa shape index (κ1) is 10.8. The first-order chi connectivity index (χ1) is 6.14. The van der Waals surface area contributed by atoms with Crippen molar-refractivity contribution in [2.75, 3.05) is 6.61 Å². The Bertz CT molecular complexity index is 182. The van der Waals surface area contributed by atoms with Crippen molar-refractivity contribution in [3.05, 3.63) is 12.2 Å². The smallest absolute Gasteiger partial charge is 0.0470 e. The van der Waals surface area contributed by atoms with Gasteiger partial charge in [-0.2, -0.15) is 0 Å². The molecule has 0 spiro atoms. The monoisotopic (exact) mass is 182 g/mol. The highest BCUT2D eigenvalue weighted by Crippen LogP contribution is 2.58. The summed E-state index contributed by atoms with van der Waals surface area (Å²) in [6.07, 6.45) is 8.33. The summed E-state index contributed by atoms with van der Waals surface area (Å²) in [7, 11) is 0.